The van der Waals surface area contributed by atoms with Crippen molar-refractivity contribution in [3.63, 3.8) is 0 Å². The van der Waals surface area contributed by atoms with Gasteiger partial charge in [0, 0.05) is 19.2 Å². The quantitative estimate of drug-likeness (QED) is 0.437. The minimum Gasteiger partial charge on any atom is -0.393 e. The summed E-state index contributed by atoms with van der Waals surface area (Å²) in [6.45, 7) is 9.64. The highest BCUT2D eigenvalue weighted by molar-refractivity contribution is 5.79. The van der Waals surface area contributed by atoms with Gasteiger partial charge in [-0.15, -0.1) is 0 Å². The van der Waals surface area contributed by atoms with Crippen molar-refractivity contribution in [3.05, 3.63) is 35.2 Å². The number of benzene rings is 1. The predicted octanol–water partition coefficient (Wildman–Crippen LogP) is 6.87. The van der Waals surface area contributed by atoms with Gasteiger partial charge in [-0.1, -0.05) is 31.9 Å². The standard InChI is InChI=1S/C29H43N3O/c1-18-9-12-22-21(11-14-25-28(2,3)26(33)15-16-29(22,25)4)20(18)7-6-8-27-31-23-13-10-19(30-5)17-24(23)32-27/h10,13,17,21-22,25-26,30,33H,6-9,11-12,14-16H2,1-5H3,(H,31,32)/t21-,22-,25-,26-,29+/m0/s1. The van der Waals surface area contributed by atoms with Gasteiger partial charge in [0.25, 0.3) is 0 Å². The lowest BCUT2D eigenvalue weighted by atomic mass is 9.43. The number of imidazole rings is 1. The Balaban J connectivity index is 1.29. The highest BCUT2D eigenvalue weighted by Crippen LogP contribution is 2.64. The number of aromatic nitrogens is 2. The molecule has 1 aromatic carbocycles. The summed E-state index contributed by atoms with van der Waals surface area (Å²) in [6.07, 6.45) is 10.6. The number of fused-ring (bicyclic) bond motifs is 4. The van der Waals surface area contributed by atoms with E-state index in [2.05, 4.69) is 56.2 Å². The summed E-state index contributed by atoms with van der Waals surface area (Å²) < 4.78 is 0. The first-order valence-electron chi connectivity index (χ1n) is 13.3. The molecule has 3 N–H and O–H groups in total. The van der Waals surface area contributed by atoms with Gasteiger partial charge in [0.05, 0.1) is 17.1 Å². The molecule has 0 saturated heterocycles. The van der Waals surface area contributed by atoms with E-state index < -0.39 is 0 Å². The van der Waals surface area contributed by atoms with E-state index in [1.54, 1.807) is 11.1 Å². The largest absolute Gasteiger partial charge is 0.393 e. The van der Waals surface area contributed by atoms with Gasteiger partial charge in [-0.25, -0.2) is 4.98 Å². The van der Waals surface area contributed by atoms with Crippen LogP contribution in [0, 0.1) is 28.6 Å². The Labute approximate surface area is 199 Å². The zero-order valence-electron chi connectivity index (χ0n) is 21.3. The second-order valence-electron chi connectivity index (χ2n) is 12.1. The molecule has 0 bridgehead atoms. The van der Waals surface area contributed by atoms with E-state index in [9.17, 15) is 5.11 Å². The maximum atomic E-state index is 10.8. The lowest BCUT2D eigenvalue weighted by molar-refractivity contribution is -0.149. The molecule has 0 spiro atoms. The Morgan fingerprint density at radius 3 is 2.73 bits per heavy atom. The fourth-order valence-corrected chi connectivity index (χ4v) is 8.21. The highest BCUT2D eigenvalue weighted by atomic mass is 16.3. The highest BCUT2D eigenvalue weighted by Gasteiger charge is 2.57. The molecular weight excluding hydrogens is 406 g/mol. The van der Waals surface area contributed by atoms with Gasteiger partial charge in [-0.05, 0) is 105 Å². The molecule has 1 aromatic heterocycles. The zero-order chi connectivity index (χ0) is 23.4. The molecule has 0 unspecified atom stereocenters. The number of hydrogen-bond donors (Lipinski definition) is 3. The van der Waals surface area contributed by atoms with E-state index in [4.69, 9.17) is 4.98 Å². The normalized spacial score (nSPS) is 33.6. The molecule has 5 rings (SSSR count). The number of nitrogens with zero attached hydrogens (tertiary/aromatic N) is 1. The minimum atomic E-state index is -0.138. The molecular formula is C29H43N3O. The Morgan fingerprint density at radius 2 is 1.94 bits per heavy atom. The molecule has 180 valence electrons. The third kappa shape index (κ3) is 3.83. The Bertz CT molecular complexity index is 1050. The van der Waals surface area contributed by atoms with E-state index in [-0.39, 0.29) is 11.5 Å². The molecule has 0 amide bonds. The van der Waals surface area contributed by atoms with Gasteiger partial charge < -0.3 is 15.4 Å². The number of aliphatic hydroxyl groups excluding tert-OH is 1. The van der Waals surface area contributed by atoms with Crippen LogP contribution in [-0.4, -0.2) is 28.2 Å². The van der Waals surface area contributed by atoms with Crippen LogP contribution in [0.4, 0.5) is 5.69 Å². The van der Waals surface area contributed by atoms with E-state index in [1.165, 1.54) is 44.9 Å². The third-order valence-electron chi connectivity index (χ3n) is 10.1. The van der Waals surface area contributed by atoms with E-state index >= 15 is 0 Å². The van der Waals surface area contributed by atoms with Gasteiger partial charge in [-0.2, -0.15) is 0 Å². The van der Waals surface area contributed by atoms with E-state index in [1.807, 2.05) is 7.05 Å². The number of aliphatic hydroxyl groups is 1. The number of anilines is 1. The lowest BCUT2D eigenvalue weighted by Crippen LogP contribution is -2.56. The number of hydrogen-bond acceptors (Lipinski definition) is 3. The topological polar surface area (TPSA) is 60.9 Å². The van der Waals surface area contributed by atoms with Crippen molar-refractivity contribution in [2.75, 3.05) is 12.4 Å². The van der Waals surface area contributed by atoms with Crippen molar-refractivity contribution in [2.24, 2.45) is 28.6 Å². The summed E-state index contributed by atoms with van der Waals surface area (Å²) in [5.74, 6) is 3.29. The molecule has 2 aromatic rings. The molecule has 2 fully saturated rings. The van der Waals surface area contributed by atoms with Crippen molar-refractivity contribution in [1.82, 2.24) is 9.97 Å². The summed E-state index contributed by atoms with van der Waals surface area (Å²) in [6, 6.07) is 6.33. The summed E-state index contributed by atoms with van der Waals surface area (Å²) in [7, 11) is 1.95. The number of H-pyrrole nitrogens is 1. The zero-order valence-corrected chi connectivity index (χ0v) is 21.3. The van der Waals surface area contributed by atoms with Gasteiger partial charge >= 0.3 is 0 Å². The molecule has 3 aliphatic rings. The Morgan fingerprint density at radius 1 is 1.12 bits per heavy atom. The molecule has 1 heterocycles. The van der Waals surface area contributed by atoms with Crippen LogP contribution < -0.4 is 5.32 Å². The third-order valence-corrected chi connectivity index (χ3v) is 10.1. The first-order chi connectivity index (χ1) is 15.7. The summed E-state index contributed by atoms with van der Waals surface area (Å²) in [4.78, 5) is 8.38. The van der Waals surface area contributed by atoms with E-state index in [0.717, 1.165) is 47.2 Å². The second-order valence-corrected chi connectivity index (χ2v) is 12.1. The van der Waals surface area contributed by atoms with Crippen LogP contribution in [0.25, 0.3) is 11.0 Å². The number of aromatic amines is 1. The van der Waals surface area contributed by atoms with Gasteiger partial charge in [0.2, 0.25) is 0 Å². The second kappa shape index (κ2) is 8.45. The summed E-state index contributed by atoms with van der Waals surface area (Å²) in [5, 5.41) is 14.0. The molecule has 0 radical (unpaired) electrons. The van der Waals surface area contributed by atoms with Gasteiger partial charge in [-0.3, -0.25) is 0 Å². The number of aryl methyl sites for hydroxylation is 1. The fourth-order valence-electron chi connectivity index (χ4n) is 8.21. The Hall–Kier alpha value is -1.81. The maximum absolute atomic E-state index is 10.8. The number of allylic oxidation sites excluding steroid dienone is 2. The van der Waals surface area contributed by atoms with E-state index in [0.29, 0.717) is 11.3 Å². The van der Waals surface area contributed by atoms with Gasteiger partial charge in [0.1, 0.15) is 5.82 Å². The smallest absolute Gasteiger partial charge is 0.107 e. The lowest BCUT2D eigenvalue weighted by Gasteiger charge is -2.62. The van der Waals surface area contributed by atoms with Crippen molar-refractivity contribution in [3.8, 4) is 0 Å². The van der Waals surface area contributed by atoms with Crippen LogP contribution in [-0.2, 0) is 6.42 Å². The minimum absolute atomic E-state index is 0.0444. The van der Waals surface area contributed by atoms with Gasteiger partial charge in [0.15, 0.2) is 0 Å². The fraction of sp³-hybridized carbons (Fsp3) is 0.690. The predicted molar refractivity (Wildman–Crippen MR) is 137 cm³/mol. The Kier molecular flexibility index (Phi) is 5.87. The summed E-state index contributed by atoms with van der Waals surface area (Å²) in [5.41, 5.74) is 7.16. The van der Waals surface area contributed by atoms with Crippen molar-refractivity contribution >= 4 is 16.7 Å². The molecule has 2 saturated carbocycles. The van der Waals surface area contributed by atoms with Crippen LogP contribution in [0.3, 0.4) is 0 Å². The molecule has 0 aliphatic heterocycles. The molecule has 4 heteroatoms. The SMILES string of the molecule is CNc1ccc2nc(CCCC3=C(C)CC[C@H]4[C@H]3CC[C@H]3C(C)(C)[C@@H](O)CC[C@]43C)[nH]c2c1. The van der Waals surface area contributed by atoms with Crippen molar-refractivity contribution < 1.29 is 5.11 Å². The van der Waals surface area contributed by atoms with Crippen LogP contribution in [0.2, 0.25) is 0 Å². The first kappa shape index (κ1) is 23.0. The average Bonchev–Trinajstić information content (AvgIpc) is 3.20. The maximum Gasteiger partial charge on any atom is 0.107 e. The first-order valence-corrected chi connectivity index (χ1v) is 13.3. The molecule has 3 aliphatic carbocycles. The van der Waals surface area contributed by atoms with Crippen LogP contribution in [0.1, 0.15) is 84.9 Å². The monoisotopic (exact) mass is 449 g/mol. The van der Waals surface area contributed by atoms with Crippen LogP contribution in [0.15, 0.2) is 29.3 Å². The van der Waals surface area contributed by atoms with Crippen LogP contribution >= 0.6 is 0 Å². The molecule has 4 nitrogen and oxygen atoms in total. The average molecular weight is 450 g/mol. The van der Waals surface area contributed by atoms with Crippen LogP contribution in [0.5, 0.6) is 0 Å². The summed E-state index contributed by atoms with van der Waals surface area (Å²) >= 11 is 0. The molecule has 33 heavy (non-hydrogen) atoms. The van der Waals surface area contributed by atoms with Crippen molar-refractivity contribution in [2.45, 2.75) is 91.6 Å². The molecule has 5 atom stereocenters. The number of nitrogens with one attached hydrogen (secondary N) is 2. The number of rotatable bonds is 5. The van der Waals surface area contributed by atoms with Crippen molar-refractivity contribution in [1.29, 1.82) is 0 Å².